The molecule has 0 aliphatic carbocycles. The smallest absolute Gasteiger partial charge is 0.189 e. The summed E-state index contributed by atoms with van der Waals surface area (Å²) in [5.41, 5.74) is 0.481. The molecule has 0 spiro atoms. The van der Waals surface area contributed by atoms with Gasteiger partial charge in [0, 0.05) is 24.4 Å². The van der Waals surface area contributed by atoms with Crippen LogP contribution in [0, 0.1) is 0 Å². The predicted molar refractivity (Wildman–Crippen MR) is 40.6 cm³/mol. The largest absolute Gasteiger partial charge is 0.362 e. The summed E-state index contributed by atoms with van der Waals surface area (Å²) in [5.74, 6) is -1.71. The monoisotopic (exact) mass is 153 g/mol. The van der Waals surface area contributed by atoms with Gasteiger partial charge in [-0.15, -0.1) is 0 Å². The zero-order valence-corrected chi connectivity index (χ0v) is 6.36. The number of rotatable bonds is 2. The molecule has 0 amide bonds. The highest BCUT2D eigenvalue weighted by atomic mass is 16.5. The third-order valence-corrected chi connectivity index (χ3v) is 1.64. The minimum atomic E-state index is -1.71. The van der Waals surface area contributed by atoms with E-state index in [0.717, 1.165) is 0 Å². The SMILES string of the molecule is CCC(O)(O)c1ccncc1. The normalized spacial score (nSPS) is 11.5. The lowest BCUT2D eigenvalue weighted by molar-refractivity contribution is -0.171. The number of nitrogens with zero attached hydrogens (tertiary/aromatic N) is 1. The van der Waals surface area contributed by atoms with E-state index in [1.807, 2.05) is 0 Å². The minimum Gasteiger partial charge on any atom is -0.362 e. The van der Waals surface area contributed by atoms with Crippen molar-refractivity contribution in [2.45, 2.75) is 19.1 Å². The molecule has 3 nitrogen and oxygen atoms in total. The van der Waals surface area contributed by atoms with Crippen LogP contribution in [0.2, 0.25) is 0 Å². The van der Waals surface area contributed by atoms with E-state index in [4.69, 9.17) is 0 Å². The molecule has 0 aromatic carbocycles. The Labute approximate surface area is 65.3 Å². The van der Waals surface area contributed by atoms with Gasteiger partial charge in [-0.3, -0.25) is 4.98 Å². The van der Waals surface area contributed by atoms with Gasteiger partial charge in [-0.05, 0) is 12.1 Å². The lowest BCUT2D eigenvalue weighted by Gasteiger charge is -2.19. The first-order chi connectivity index (χ1) is 5.17. The molecule has 1 aromatic rings. The highest BCUT2D eigenvalue weighted by Crippen LogP contribution is 2.19. The first-order valence-corrected chi connectivity index (χ1v) is 3.52. The van der Waals surface area contributed by atoms with E-state index >= 15 is 0 Å². The summed E-state index contributed by atoms with van der Waals surface area (Å²) in [6.45, 7) is 1.71. The van der Waals surface area contributed by atoms with Gasteiger partial charge in [0.25, 0.3) is 0 Å². The highest BCUT2D eigenvalue weighted by molar-refractivity contribution is 5.15. The van der Waals surface area contributed by atoms with E-state index in [0.29, 0.717) is 5.56 Å². The Bertz CT molecular complexity index is 221. The average Bonchev–Trinajstić information content (AvgIpc) is 2.06. The molecule has 1 aromatic heterocycles. The van der Waals surface area contributed by atoms with Gasteiger partial charge in [0.2, 0.25) is 0 Å². The van der Waals surface area contributed by atoms with Crippen molar-refractivity contribution in [1.82, 2.24) is 4.98 Å². The van der Waals surface area contributed by atoms with E-state index in [-0.39, 0.29) is 6.42 Å². The number of pyridine rings is 1. The van der Waals surface area contributed by atoms with Gasteiger partial charge in [0.15, 0.2) is 5.79 Å². The molecule has 1 heterocycles. The first-order valence-electron chi connectivity index (χ1n) is 3.52. The van der Waals surface area contributed by atoms with Gasteiger partial charge in [-0.25, -0.2) is 0 Å². The molecule has 0 bridgehead atoms. The van der Waals surface area contributed by atoms with Crippen LogP contribution in [0.3, 0.4) is 0 Å². The number of hydrogen-bond donors (Lipinski definition) is 2. The molecule has 0 aliphatic heterocycles. The molecule has 1 rings (SSSR count). The zero-order valence-electron chi connectivity index (χ0n) is 6.36. The van der Waals surface area contributed by atoms with Crippen molar-refractivity contribution in [2.24, 2.45) is 0 Å². The Morgan fingerprint density at radius 1 is 1.36 bits per heavy atom. The summed E-state index contributed by atoms with van der Waals surface area (Å²) in [6, 6.07) is 3.17. The average molecular weight is 153 g/mol. The van der Waals surface area contributed by atoms with E-state index in [2.05, 4.69) is 4.98 Å². The molecule has 2 N–H and O–H groups in total. The van der Waals surface area contributed by atoms with Crippen molar-refractivity contribution in [3.8, 4) is 0 Å². The van der Waals surface area contributed by atoms with Crippen LogP contribution < -0.4 is 0 Å². The molecule has 0 fully saturated rings. The molecule has 0 aliphatic rings. The molecule has 0 radical (unpaired) electrons. The predicted octanol–water partition coefficient (Wildman–Crippen LogP) is 0.629. The van der Waals surface area contributed by atoms with Crippen molar-refractivity contribution in [3.63, 3.8) is 0 Å². The Morgan fingerprint density at radius 2 is 1.91 bits per heavy atom. The van der Waals surface area contributed by atoms with Crippen molar-refractivity contribution < 1.29 is 10.2 Å². The van der Waals surface area contributed by atoms with E-state index < -0.39 is 5.79 Å². The van der Waals surface area contributed by atoms with Crippen LogP contribution in [0.4, 0.5) is 0 Å². The molecule has 0 saturated carbocycles. The number of aromatic nitrogens is 1. The van der Waals surface area contributed by atoms with Gasteiger partial charge in [0.05, 0.1) is 0 Å². The van der Waals surface area contributed by atoms with Gasteiger partial charge in [-0.2, -0.15) is 0 Å². The van der Waals surface area contributed by atoms with Crippen molar-refractivity contribution >= 4 is 0 Å². The molecule has 60 valence electrons. The third kappa shape index (κ3) is 1.76. The van der Waals surface area contributed by atoms with Crippen LogP contribution in [0.15, 0.2) is 24.5 Å². The molecule has 3 heteroatoms. The molecule has 11 heavy (non-hydrogen) atoms. The number of hydrogen-bond acceptors (Lipinski definition) is 3. The number of aliphatic hydroxyl groups is 2. The van der Waals surface area contributed by atoms with Crippen LogP contribution in [0.5, 0.6) is 0 Å². The van der Waals surface area contributed by atoms with E-state index in [9.17, 15) is 10.2 Å². The molecular weight excluding hydrogens is 142 g/mol. The fraction of sp³-hybridized carbons (Fsp3) is 0.375. The Kier molecular flexibility index (Phi) is 2.22. The second-order valence-electron chi connectivity index (χ2n) is 2.41. The van der Waals surface area contributed by atoms with Crippen molar-refractivity contribution in [3.05, 3.63) is 30.1 Å². The van der Waals surface area contributed by atoms with Crippen molar-refractivity contribution in [1.29, 1.82) is 0 Å². The maximum Gasteiger partial charge on any atom is 0.189 e. The second kappa shape index (κ2) is 2.98. The fourth-order valence-electron chi connectivity index (χ4n) is 0.823. The Hall–Kier alpha value is -0.930. The van der Waals surface area contributed by atoms with Crippen LogP contribution in [-0.4, -0.2) is 15.2 Å². The topological polar surface area (TPSA) is 53.4 Å². The molecule has 0 atom stereocenters. The van der Waals surface area contributed by atoms with Crippen LogP contribution in [0.25, 0.3) is 0 Å². The lowest BCUT2D eigenvalue weighted by atomic mass is 10.1. The summed E-state index contributed by atoms with van der Waals surface area (Å²) in [6.07, 6.45) is 3.34. The third-order valence-electron chi connectivity index (χ3n) is 1.64. The molecular formula is C8H11NO2. The summed E-state index contributed by atoms with van der Waals surface area (Å²) in [7, 11) is 0. The van der Waals surface area contributed by atoms with E-state index in [1.165, 1.54) is 12.4 Å². The standard InChI is InChI=1S/C8H11NO2/c1-2-8(10,11)7-3-5-9-6-4-7/h3-6,10-11H,2H2,1H3. The van der Waals surface area contributed by atoms with Crippen LogP contribution in [-0.2, 0) is 5.79 Å². The maximum atomic E-state index is 9.32. The highest BCUT2D eigenvalue weighted by Gasteiger charge is 2.22. The summed E-state index contributed by atoms with van der Waals surface area (Å²) in [5, 5.41) is 18.6. The van der Waals surface area contributed by atoms with Crippen LogP contribution in [0.1, 0.15) is 18.9 Å². The fourth-order valence-corrected chi connectivity index (χ4v) is 0.823. The quantitative estimate of drug-likeness (QED) is 0.613. The van der Waals surface area contributed by atoms with Crippen molar-refractivity contribution in [2.75, 3.05) is 0 Å². The minimum absolute atomic E-state index is 0.275. The van der Waals surface area contributed by atoms with E-state index in [1.54, 1.807) is 19.1 Å². The first kappa shape index (κ1) is 8.17. The molecule has 0 unspecified atom stereocenters. The van der Waals surface area contributed by atoms with Gasteiger partial charge in [0.1, 0.15) is 0 Å². The summed E-state index contributed by atoms with van der Waals surface area (Å²) in [4.78, 5) is 3.77. The zero-order chi connectivity index (χ0) is 8.32. The van der Waals surface area contributed by atoms with Gasteiger partial charge < -0.3 is 10.2 Å². The summed E-state index contributed by atoms with van der Waals surface area (Å²) < 4.78 is 0. The summed E-state index contributed by atoms with van der Waals surface area (Å²) >= 11 is 0. The molecule has 0 saturated heterocycles. The Balaban J connectivity index is 2.93. The van der Waals surface area contributed by atoms with Crippen LogP contribution >= 0.6 is 0 Å². The second-order valence-corrected chi connectivity index (χ2v) is 2.41. The van der Waals surface area contributed by atoms with Gasteiger partial charge in [-0.1, -0.05) is 6.92 Å². The van der Waals surface area contributed by atoms with Gasteiger partial charge >= 0.3 is 0 Å². The maximum absolute atomic E-state index is 9.32. The lowest BCUT2D eigenvalue weighted by Crippen LogP contribution is -2.23. The Morgan fingerprint density at radius 3 is 2.36 bits per heavy atom.